The van der Waals surface area contributed by atoms with Crippen molar-refractivity contribution < 1.29 is 29.3 Å². The van der Waals surface area contributed by atoms with E-state index in [-0.39, 0.29) is 43.2 Å². The lowest BCUT2D eigenvalue weighted by molar-refractivity contribution is -0.144. The molecule has 0 unspecified atom stereocenters. The van der Waals surface area contributed by atoms with Gasteiger partial charge in [-0.1, -0.05) is 44.9 Å². The first-order valence-corrected chi connectivity index (χ1v) is 13.5. The smallest absolute Gasteiger partial charge is 0.308 e. The summed E-state index contributed by atoms with van der Waals surface area (Å²) in [5.41, 5.74) is 1.83. The van der Waals surface area contributed by atoms with Crippen LogP contribution in [0.5, 0.6) is 11.5 Å². The molecule has 0 aromatic heterocycles. The second kappa shape index (κ2) is 12.8. The summed E-state index contributed by atoms with van der Waals surface area (Å²) in [7, 11) is 0. The number of carboxylic acid groups (broad SMARTS) is 1. The van der Waals surface area contributed by atoms with Crippen LogP contribution in [-0.2, 0) is 9.59 Å². The average Bonchev–Trinajstić information content (AvgIpc) is 3.42. The normalized spacial score (nSPS) is 21.2. The van der Waals surface area contributed by atoms with Crippen molar-refractivity contribution in [3.05, 3.63) is 35.4 Å². The van der Waals surface area contributed by atoms with Crippen molar-refractivity contribution in [2.24, 2.45) is 11.3 Å². The Balaban J connectivity index is 1.93. The lowest BCUT2D eigenvalue weighted by atomic mass is 9.77. The van der Waals surface area contributed by atoms with Gasteiger partial charge < -0.3 is 24.6 Å². The molecule has 1 saturated heterocycles. The number of allylic oxidation sites excluding steroid dienone is 2. The molecule has 8 nitrogen and oxygen atoms in total. The van der Waals surface area contributed by atoms with Crippen molar-refractivity contribution >= 4 is 11.9 Å². The molecule has 1 amide bonds. The fraction of sp³-hybridized carbons (Fsp3) is 0.655. The standard InChI is InChI=1S/C29H44N2O6/c1-6-7-11-30(12-8-13-32)26(33)18-31-17-22(21-9-10-24-25(14-21)37-19-36-24)27(28(34)35)23(31)16-29(4,5)15-20(2)3/h9-10,14-15,22-23,27,32H,6-8,11-13,16-19H2,1-5H3,(H,34,35)/t22-,23+,27-/m1/s1. The van der Waals surface area contributed by atoms with Gasteiger partial charge in [0.05, 0.1) is 12.5 Å². The van der Waals surface area contributed by atoms with Gasteiger partial charge in [0.15, 0.2) is 11.5 Å². The van der Waals surface area contributed by atoms with Crippen molar-refractivity contribution in [2.45, 2.75) is 72.3 Å². The number of hydrogen-bond donors (Lipinski definition) is 2. The van der Waals surface area contributed by atoms with E-state index in [9.17, 15) is 19.8 Å². The predicted molar refractivity (Wildman–Crippen MR) is 143 cm³/mol. The molecule has 0 aliphatic carbocycles. The molecule has 1 aromatic carbocycles. The number of carboxylic acids is 1. The maximum absolute atomic E-state index is 13.5. The number of aliphatic carboxylic acids is 1. The van der Waals surface area contributed by atoms with Crippen molar-refractivity contribution in [3.63, 3.8) is 0 Å². The number of carbonyl (C=O) groups is 2. The van der Waals surface area contributed by atoms with Gasteiger partial charge in [-0.05, 0) is 56.2 Å². The third-order valence-electron chi connectivity index (χ3n) is 7.33. The van der Waals surface area contributed by atoms with E-state index >= 15 is 0 Å². The number of rotatable bonds is 13. The molecule has 2 aliphatic rings. The third-order valence-corrected chi connectivity index (χ3v) is 7.33. The van der Waals surface area contributed by atoms with Gasteiger partial charge in [0.25, 0.3) is 0 Å². The minimum absolute atomic E-state index is 0.0117. The molecule has 206 valence electrons. The predicted octanol–water partition coefficient (Wildman–Crippen LogP) is 4.28. The first-order chi connectivity index (χ1) is 17.6. The number of carbonyl (C=O) groups excluding carboxylic acids is 1. The van der Waals surface area contributed by atoms with E-state index in [2.05, 4.69) is 45.6 Å². The van der Waals surface area contributed by atoms with Gasteiger partial charge >= 0.3 is 5.97 Å². The van der Waals surface area contributed by atoms with Crippen LogP contribution in [0.2, 0.25) is 0 Å². The summed E-state index contributed by atoms with van der Waals surface area (Å²) in [5.74, 6) is -0.515. The summed E-state index contributed by atoms with van der Waals surface area (Å²) < 4.78 is 11.0. The Hall–Kier alpha value is -2.58. The van der Waals surface area contributed by atoms with Crippen LogP contribution >= 0.6 is 0 Å². The zero-order valence-electron chi connectivity index (χ0n) is 23.0. The molecular formula is C29H44N2O6. The van der Waals surface area contributed by atoms with Crippen LogP contribution in [0.1, 0.15) is 71.8 Å². The summed E-state index contributed by atoms with van der Waals surface area (Å²) in [4.78, 5) is 30.1. The number of benzene rings is 1. The average molecular weight is 517 g/mol. The second-order valence-electron chi connectivity index (χ2n) is 11.3. The number of hydrogen-bond acceptors (Lipinski definition) is 6. The molecule has 1 aromatic rings. The molecule has 2 heterocycles. The van der Waals surface area contributed by atoms with E-state index in [0.29, 0.717) is 44.0 Å². The van der Waals surface area contributed by atoms with Crippen LogP contribution in [0.25, 0.3) is 0 Å². The molecule has 3 atom stereocenters. The van der Waals surface area contributed by atoms with E-state index < -0.39 is 11.9 Å². The monoisotopic (exact) mass is 516 g/mol. The van der Waals surface area contributed by atoms with E-state index in [0.717, 1.165) is 18.4 Å². The molecule has 1 fully saturated rings. The third kappa shape index (κ3) is 7.48. The number of likely N-dealkylation sites (tertiary alicyclic amines) is 1. The van der Waals surface area contributed by atoms with Crippen LogP contribution in [0.4, 0.5) is 0 Å². The quantitative estimate of drug-likeness (QED) is 0.378. The van der Waals surface area contributed by atoms with Crippen molar-refractivity contribution in [1.82, 2.24) is 9.80 Å². The van der Waals surface area contributed by atoms with E-state index in [1.165, 1.54) is 5.57 Å². The zero-order valence-corrected chi connectivity index (χ0v) is 23.0. The molecule has 8 heteroatoms. The summed E-state index contributed by atoms with van der Waals surface area (Å²) in [6.07, 6.45) is 5.21. The van der Waals surface area contributed by atoms with Gasteiger partial charge in [0.1, 0.15) is 0 Å². The van der Waals surface area contributed by atoms with Crippen LogP contribution in [-0.4, -0.2) is 77.5 Å². The van der Waals surface area contributed by atoms with Gasteiger partial charge in [-0.25, -0.2) is 0 Å². The first-order valence-electron chi connectivity index (χ1n) is 13.5. The molecule has 3 rings (SSSR count). The topological polar surface area (TPSA) is 99.5 Å². The Labute approximate surface area is 221 Å². The Morgan fingerprint density at radius 1 is 1.16 bits per heavy atom. The van der Waals surface area contributed by atoms with Crippen LogP contribution < -0.4 is 9.47 Å². The number of amides is 1. The van der Waals surface area contributed by atoms with E-state index in [1.807, 2.05) is 23.1 Å². The summed E-state index contributed by atoms with van der Waals surface area (Å²) in [5, 5.41) is 19.8. The minimum atomic E-state index is -0.848. The van der Waals surface area contributed by atoms with Gasteiger partial charge in [-0.3, -0.25) is 14.5 Å². The Kier molecular flexibility index (Phi) is 10.0. The number of ether oxygens (including phenoxy) is 2. The van der Waals surface area contributed by atoms with Crippen molar-refractivity contribution in [1.29, 1.82) is 0 Å². The highest BCUT2D eigenvalue weighted by molar-refractivity contribution is 5.79. The molecule has 0 saturated carbocycles. The molecule has 2 N–H and O–H groups in total. The molecule has 0 bridgehead atoms. The molecule has 37 heavy (non-hydrogen) atoms. The highest BCUT2D eigenvalue weighted by atomic mass is 16.7. The number of aliphatic hydroxyl groups excluding tert-OH is 1. The molecule has 0 radical (unpaired) electrons. The SMILES string of the molecule is CCCCN(CCCO)C(=O)CN1C[C@H](c2ccc3c(c2)OCO3)[C@@H](C(=O)O)[C@@H]1CC(C)(C)C=C(C)C. The Morgan fingerprint density at radius 2 is 1.86 bits per heavy atom. The van der Waals surface area contributed by atoms with Gasteiger partial charge in [0, 0.05) is 38.2 Å². The van der Waals surface area contributed by atoms with E-state index in [1.54, 1.807) is 0 Å². The maximum Gasteiger partial charge on any atom is 0.308 e. The Morgan fingerprint density at radius 3 is 2.51 bits per heavy atom. The van der Waals surface area contributed by atoms with Gasteiger partial charge in [-0.2, -0.15) is 0 Å². The van der Waals surface area contributed by atoms with E-state index in [4.69, 9.17) is 9.47 Å². The lowest BCUT2D eigenvalue weighted by Gasteiger charge is -2.34. The minimum Gasteiger partial charge on any atom is -0.481 e. The number of fused-ring (bicyclic) bond motifs is 1. The van der Waals surface area contributed by atoms with Crippen LogP contribution in [0.15, 0.2) is 29.8 Å². The number of aliphatic hydroxyl groups is 1. The summed E-state index contributed by atoms with van der Waals surface area (Å²) in [6.45, 7) is 12.4. The number of nitrogens with zero attached hydrogens (tertiary/aromatic N) is 2. The second-order valence-corrected chi connectivity index (χ2v) is 11.3. The lowest BCUT2D eigenvalue weighted by Crippen LogP contribution is -2.46. The largest absolute Gasteiger partial charge is 0.481 e. The summed E-state index contributed by atoms with van der Waals surface area (Å²) >= 11 is 0. The Bertz CT molecular complexity index is 963. The van der Waals surface area contributed by atoms with Crippen LogP contribution in [0.3, 0.4) is 0 Å². The summed E-state index contributed by atoms with van der Waals surface area (Å²) in [6, 6.07) is 5.34. The highest BCUT2D eigenvalue weighted by Crippen LogP contribution is 2.45. The van der Waals surface area contributed by atoms with Crippen molar-refractivity contribution in [2.75, 3.05) is 39.6 Å². The number of unbranched alkanes of at least 4 members (excludes halogenated alkanes) is 1. The van der Waals surface area contributed by atoms with Crippen molar-refractivity contribution in [3.8, 4) is 11.5 Å². The van der Waals surface area contributed by atoms with Gasteiger partial charge in [-0.15, -0.1) is 0 Å². The van der Waals surface area contributed by atoms with Crippen LogP contribution in [0, 0.1) is 11.3 Å². The molecule has 0 spiro atoms. The molecular weight excluding hydrogens is 472 g/mol. The fourth-order valence-corrected chi connectivity index (χ4v) is 5.85. The highest BCUT2D eigenvalue weighted by Gasteiger charge is 2.48. The van der Waals surface area contributed by atoms with Gasteiger partial charge in [0.2, 0.25) is 12.7 Å². The first kappa shape index (κ1) is 29.0. The maximum atomic E-state index is 13.5. The molecule has 2 aliphatic heterocycles. The fourth-order valence-electron chi connectivity index (χ4n) is 5.85. The zero-order chi connectivity index (χ0) is 27.2.